The van der Waals surface area contributed by atoms with Crippen molar-refractivity contribution in [1.82, 2.24) is 9.62 Å². The fourth-order valence-electron chi connectivity index (χ4n) is 2.52. The van der Waals surface area contributed by atoms with Gasteiger partial charge in [0, 0.05) is 19.1 Å². The second-order valence-corrected chi connectivity index (χ2v) is 6.86. The Balaban J connectivity index is 2.42. The minimum atomic E-state index is -4.00. The molecule has 2 rings (SSSR count). The highest BCUT2D eigenvalue weighted by Gasteiger charge is 2.36. The molecule has 112 valence electrons. The minimum absolute atomic E-state index is 0.0923. The van der Waals surface area contributed by atoms with Crippen LogP contribution in [0, 0.1) is 18.6 Å². The van der Waals surface area contributed by atoms with Crippen LogP contribution in [0.1, 0.15) is 18.4 Å². The maximum Gasteiger partial charge on any atom is 0.246 e. The van der Waals surface area contributed by atoms with Crippen LogP contribution in [0.2, 0.25) is 0 Å². The highest BCUT2D eigenvalue weighted by Crippen LogP contribution is 2.28. The fourth-order valence-corrected chi connectivity index (χ4v) is 4.27. The Morgan fingerprint density at radius 2 is 2.05 bits per heavy atom. The molecule has 1 atom stereocenters. The average Bonchev–Trinajstić information content (AvgIpc) is 2.83. The van der Waals surface area contributed by atoms with E-state index in [1.54, 1.807) is 7.05 Å². The Morgan fingerprint density at radius 1 is 1.35 bits per heavy atom. The number of benzene rings is 1. The smallest absolute Gasteiger partial charge is 0.246 e. The van der Waals surface area contributed by atoms with Crippen molar-refractivity contribution in [3.05, 3.63) is 29.3 Å². The van der Waals surface area contributed by atoms with Crippen molar-refractivity contribution in [2.24, 2.45) is 0 Å². The SMILES string of the molecule is CNCC1CCCN1S(=O)(=O)c1cc(F)c(C)cc1F. The van der Waals surface area contributed by atoms with Gasteiger partial charge in [0.05, 0.1) is 0 Å². The third-order valence-electron chi connectivity index (χ3n) is 3.56. The van der Waals surface area contributed by atoms with Gasteiger partial charge in [0.15, 0.2) is 0 Å². The van der Waals surface area contributed by atoms with E-state index in [2.05, 4.69) is 5.32 Å². The molecule has 20 heavy (non-hydrogen) atoms. The van der Waals surface area contributed by atoms with E-state index in [1.165, 1.54) is 11.2 Å². The second kappa shape index (κ2) is 5.75. The van der Waals surface area contributed by atoms with Crippen molar-refractivity contribution in [1.29, 1.82) is 0 Å². The van der Waals surface area contributed by atoms with Crippen LogP contribution in [0.25, 0.3) is 0 Å². The van der Waals surface area contributed by atoms with Crippen molar-refractivity contribution in [2.45, 2.75) is 30.7 Å². The summed E-state index contributed by atoms with van der Waals surface area (Å²) in [5.41, 5.74) is 0.0923. The molecule has 1 aromatic rings. The van der Waals surface area contributed by atoms with Crippen molar-refractivity contribution in [3.63, 3.8) is 0 Å². The van der Waals surface area contributed by atoms with Crippen molar-refractivity contribution < 1.29 is 17.2 Å². The Labute approximate surface area is 117 Å². The van der Waals surface area contributed by atoms with E-state index in [0.29, 0.717) is 13.1 Å². The Kier molecular flexibility index (Phi) is 4.41. The Morgan fingerprint density at radius 3 is 2.70 bits per heavy atom. The second-order valence-electron chi connectivity index (χ2n) is 5.00. The fraction of sp³-hybridized carbons (Fsp3) is 0.538. The number of aryl methyl sites for hydroxylation is 1. The molecule has 1 saturated heterocycles. The van der Waals surface area contributed by atoms with E-state index in [-0.39, 0.29) is 11.6 Å². The summed E-state index contributed by atoms with van der Waals surface area (Å²) < 4.78 is 53.7. The lowest BCUT2D eigenvalue weighted by molar-refractivity contribution is 0.376. The van der Waals surface area contributed by atoms with Gasteiger partial charge in [0.1, 0.15) is 16.5 Å². The van der Waals surface area contributed by atoms with Gasteiger partial charge in [0.2, 0.25) is 10.0 Å². The molecule has 1 heterocycles. The van der Waals surface area contributed by atoms with Gasteiger partial charge < -0.3 is 5.32 Å². The largest absolute Gasteiger partial charge is 0.318 e. The van der Waals surface area contributed by atoms with Crippen LogP contribution in [0.3, 0.4) is 0 Å². The van der Waals surface area contributed by atoms with Gasteiger partial charge in [-0.25, -0.2) is 17.2 Å². The summed E-state index contributed by atoms with van der Waals surface area (Å²) in [6, 6.07) is 1.48. The average molecular weight is 304 g/mol. The Bertz CT molecular complexity index is 605. The van der Waals surface area contributed by atoms with Crippen LogP contribution in [-0.4, -0.2) is 38.9 Å². The molecule has 0 radical (unpaired) electrons. The molecule has 7 heteroatoms. The molecule has 0 saturated carbocycles. The zero-order valence-corrected chi connectivity index (χ0v) is 12.3. The molecule has 1 aliphatic rings. The number of likely N-dealkylation sites (N-methyl/N-ethyl adjacent to an activating group) is 1. The molecular formula is C13H18F2N2O2S. The summed E-state index contributed by atoms with van der Waals surface area (Å²) in [5.74, 6) is -1.62. The molecule has 0 amide bonds. The number of hydrogen-bond acceptors (Lipinski definition) is 3. The third kappa shape index (κ3) is 2.70. The first-order valence-corrected chi connectivity index (χ1v) is 7.94. The lowest BCUT2D eigenvalue weighted by Gasteiger charge is -2.24. The van der Waals surface area contributed by atoms with Gasteiger partial charge in [-0.3, -0.25) is 0 Å². The number of sulfonamides is 1. The molecular weight excluding hydrogens is 286 g/mol. The monoisotopic (exact) mass is 304 g/mol. The molecule has 1 N–H and O–H groups in total. The zero-order valence-electron chi connectivity index (χ0n) is 11.5. The topological polar surface area (TPSA) is 49.4 Å². The van der Waals surface area contributed by atoms with E-state index >= 15 is 0 Å². The van der Waals surface area contributed by atoms with Gasteiger partial charge in [-0.15, -0.1) is 0 Å². The molecule has 1 fully saturated rings. The third-order valence-corrected chi connectivity index (χ3v) is 5.53. The number of halogens is 2. The number of hydrogen-bond donors (Lipinski definition) is 1. The molecule has 1 aliphatic heterocycles. The van der Waals surface area contributed by atoms with Gasteiger partial charge in [-0.2, -0.15) is 4.31 Å². The molecule has 1 aromatic carbocycles. The van der Waals surface area contributed by atoms with E-state index < -0.39 is 26.6 Å². The normalized spacial score (nSPS) is 20.5. The zero-order chi connectivity index (χ0) is 14.9. The summed E-state index contributed by atoms with van der Waals surface area (Å²) in [7, 11) is -2.27. The summed E-state index contributed by atoms with van der Waals surface area (Å²) in [6.45, 7) is 2.23. The van der Waals surface area contributed by atoms with Crippen molar-refractivity contribution in [2.75, 3.05) is 20.1 Å². The summed E-state index contributed by atoms with van der Waals surface area (Å²) >= 11 is 0. The molecule has 4 nitrogen and oxygen atoms in total. The van der Waals surface area contributed by atoms with Crippen LogP contribution in [0.5, 0.6) is 0 Å². The quantitative estimate of drug-likeness (QED) is 0.920. The molecule has 0 spiro atoms. The van der Waals surface area contributed by atoms with Crippen LogP contribution < -0.4 is 5.32 Å². The first kappa shape index (κ1) is 15.3. The van der Waals surface area contributed by atoms with Crippen molar-refractivity contribution >= 4 is 10.0 Å². The van der Waals surface area contributed by atoms with Crippen LogP contribution >= 0.6 is 0 Å². The summed E-state index contributed by atoms with van der Waals surface area (Å²) in [6.07, 6.45) is 1.44. The standard InChI is InChI=1S/C13H18F2N2O2S/c1-9-6-12(15)13(7-11(9)14)20(18,19)17-5-3-4-10(17)8-16-2/h6-7,10,16H,3-5,8H2,1-2H3. The van der Waals surface area contributed by atoms with E-state index in [9.17, 15) is 17.2 Å². The number of rotatable bonds is 4. The molecule has 1 unspecified atom stereocenters. The van der Waals surface area contributed by atoms with Crippen LogP contribution in [0.15, 0.2) is 17.0 Å². The first-order chi connectivity index (χ1) is 9.37. The first-order valence-electron chi connectivity index (χ1n) is 6.50. The van der Waals surface area contributed by atoms with Gasteiger partial charge in [0.25, 0.3) is 0 Å². The molecule has 0 aliphatic carbocycles. The summed E-state index contributed by atoms with van der Waals surface area (Å²) in [4.78, 5) is -0.580. The van der Waals surface area contributed by atoms with Gasteiger partial charge in [-0.1, -0.05) is 0 Å². The van der Waals surface area contributed by atoms with E-state index in [4.69, 9.17) is 0 Å². The predicted molar refractivity (Wildman–Crippen MR) is 71.9 cm³/mol. The maximum atomic E-state index is 13.9. The Hall–Kier alpha value is -1.05. The molecule has 0 aromatic heterocycles. The molecule has 0 bridgehead atoms. The number of nitrogens with one attached hydrogen (secondary N) is 1. The van der Waals surface area contributed by atoms with E-state index in [1.807, 2.05) is 0 Å². The summed E-state index contributed by atoms with van der Waals surface area (Å²) in [5, 5.41) is 2.92. The highest BCUT2D eigenvalue weighted by molar-refractivity contribution is 7.89. The lowest BCUT2D eigenvalue weighted by Crippen LogP contribution is -2.41. The number of nitrogens with zero attached hydrogens (tertiary/aromatic N) is 1. The van der Waals surface area contributed by atoms with Gasteiger partial charge in [-0.05, 0) is 44.5 Å². The van der Waals surface area contributed by atoms with E-state index in [0.717, 1.165) is 25.0 Å². The van der Waals surface area contributed by atoms with Gasteiger partial charge >= 0.3 is 0 Å². The predicted octanol–water partition coefficient (Wildman–Crippen LogP) is 1.65. The van der Waals surface area contributed by atoms with Crippen LogP contribution in [0.4, 0.5) is 8.78 Å². The minimum Gasteiger partial charge on any atom is -0.318 e. The van der Waals surface area contributed by atoms with Crippen molar-refractivity contribution in [3.8, 4) is 0 Å². The van der Waals surface area contributed by atoms with Crippen LogP contribution in [-0.2, 0) is 10.0 Å². The maximum absolute atomic E-state index is 13.9. The lowest BCUT2D eigenvalue weighted by atomic mass is 10.2. The highest BCUT2D eigenvalue weighted by atomic mass is 32.2.